The van der Waals surface area contributed by atoms with E-state index in [2.05, 4.69) is 41.4 Å². The zero-order chi connectivity index (χ0) is 22.1. The monoisotopic (exact) mass is 442 g/mol. The van der Waals surface area contributed by atoms with Crippen LogP contribution in [0.25, 0.3) is 10.9 Å². The fourth-order valence-electron chi connectivity index (χ4n) is 3.80. The number of ether oxygens (including phenoxy) is 1. The Morgan fingerprint density at radius 2 is 2.03 bits per heavy atom. The van der Waals surface area contributed by atoms with Gasteiger partial charge in [-0.1, -0.05) is 12.1 Å². The molecule has 166 valence electrons. The van der Waals surface area contributed by atoms with Gasteiger partial charge in [0.2, 0.25) is 5.95 Å². The summed E-state index contributed by atoms with van der Waals surface area (Å²) in [6.45, 7) is 0.517. The van der Waals surface area contributed by atoms with E-state index in [0.717, 1.165) is 23.5 Å². The summed E-state index contributed by atoms with van der Waals surface area (Å²) < 4.78 is 41.5. The van der Waals surface area contributed by atoms with E-state index in [-0.39, 0.29) is 0 Å². The lowest BCUT2D eigenvalue weighted by atomic mass is 10.1. The predicted octanol–water partition coefficient (Wildman–Crippen LogP) is 4.77. The number of nitrogens with zero attached hydrogens (tertiary/aromatic N) is 3. The van der Waals surface area contributed by atoms with Crippen molar-refractivity contribution in [1.82, 2.24) is 15.0 Å². The summed E-state index contributed by atoms with van der Waals surface area (Å²) in [5.41, 5.74) is 3.34. The highest BCUT2D eigenvalue weighted by molar-refractivity contribution is 6.05. The van der Waals surface area contributed by atoms with E-state index in [1.165, 1.54) is 24.6 Å². The Balaban J connectivity index is 1.27. The van der Waals surface area contributed by atoms with E-state index in [1.807, 2.05) is 18.2 Å². The number of aliphatic imine (C=N–C) groups is 1. The van der Waals surface area contributed by atoms with Crippen LogP contribution in [0.5, 0.6) is 0 Å². The number of H-pyrrole nitrogens is 1. The summed E-state index contributed by atoms with van der Waals surface area (Å²) in [6.07, 6.45) is 3.06. The molecule has 0 amide bonds. The van der Waals surface area contributed by atoms with Crippen LogP contribution in [0.3, 0.4) is 0 Å². The van der Waals surface area contributed by atoms with Crippen LogP contribution in [0, 0.1) is 5.92 Å². The zero-order valence-corrected chi connectivity index (χ0v) is 17.0. The summed E-state index contributed by atoms with van der Waals surface area (Å²) in [6, 6.07) is 7.25. The molecular weight excluding hydrogens is 421 g/mol. The van der Waals surface area contributed by atoms with Gasteiger partial charge >= 0.3 is 6.36 Å². The largest absolute Gasteiger partial charge is 0.522 e. The Labute approximate surface area is 181 Å². The van der Waals surface area contributed by atoms with Gasteiger partial charge in [0.05, 0.1) is 13.2 Å². The first-order chi connectivity index (χ1) is 15.4. The lowest BCUT2D eigenvalue weighted by molar-refractivity contribution is -0.330. The molecule has 1 aromatic carbocycles. The number of amidine groups is 1. The summed E-state index contributed by atoms with van der Waals surface area (Å²) in [5, 5.41) is 7.05. The fraction of sp³-hybridized carbons (Fsp3) is 0.318. The molecule has 1 aliphatic heterocycles. The van der Waals surface area contributed by atoms with Crippen LogP contribution >= 0.6 is 0 Å². The number of fused-ring (bicyclic) bond motifs is 1. The molecule has 0 atom stereocenters. The summed E-state index contributed by atoms with van der Waals surface area (Å²) >= 11 is 0. The molecule has 10 heteroatoms. The van der Waals surface area contributed by atoms with Gasteiger partial charge in [0.25, 0.3) is 0 Å². The highest BCUT2D eigenvalue weighted by Crippen LogP contribution is 2.37. The third-order valence-corrected chi connectivity index (χ3v) is 5.47. The van der Waals surface area contributed by atoms with E-state index in [9.17, 15) is 13.2 Å². The Bertz CT molecular complexity index is 1200. The maximum absolute atomic E-state index is 12.5. The molecular formula is C22H21F3N6O. The smallest absolute Gasteiger partial charge is 0.361 e. The van der Waals surface area contributed by atoms with E-state index in [0.29, 0.717) is 35.2 Å². The topological polar surface area (TPSA) is 87.2 Å². The van der Waals surface area contributed by atoms with E-state index in [4.69, 9.17) is 0 Å². The standard InChI is InChI=1S/C22H21F3N6O/c23-22(24,25)32-12-16-11-27-17-3-1-2-14(20(16)17)9-29-21-26-7-6-18(31-21)30-19-8-15(10-28-19)13-4-5-13/h1-3,6-8,11,13,27H,4-5,9-10,12H2,(H2,26,28,29,30,31). The van der Waals surface area contributed by atoms with Crippen LogP contribution in [0.4, 0.5) is 24.9 Å². The first-order valence-electron chi connectivity index (χ1n) is 10.3. The third-order valence-electron chi connectivity index (χ3n) is 5.47. The number of aromatic amines is 1. The summed E-state index contributed by atoms with van der Waals surface area (Å²) in [4.78, 5) is 16.2. The second-order valence-corrected chi connectivity index (χ2v) is 7.83. The highest BCUT2D eigenvalue weighted by Gasteiger charge is 2.29. The number of rotatable bonds is 7. The summed E-state index contributed by atoms with van der Waals surface area (Å²) in [5.74, 6) is 2.50. The maximum atomic E-state index is 12.5. The first-order valence-corrected chi connectivity index (χ1v) is 10.3. The molecule has 32 heavy (non-hydrogen) atoms. The number of hydrogen-bond donors (Lipinski definition) is 3. The Morgan fingerprint density at radius 1 is 1.16 bits per heavy atom. The fourth-order valence-corrected chi connectivity index (χ4v) is 3.80. The minimum absolute atomic E-state index is 0.338. The van der Waals surface area contributed by atoms with E-state index < -0.39 is 13.0 Å². The van der Waals surface area contributed by atoms with Gasteiger partial charge in [0.15, 0.2) is 0 Å². The molecule has 1 fully saturated rings. The zero-order valence-electron chi connectivity index (χ0n) is 17.0. The number of anilines is 2. The Hall–Kier alpha value is -3.40. The van der Waals surface area contributed by atoms with E-state index in [1.54, 1.807) is 12.3 Å². The van der Waals surface area contributed by atoms with Crippen LogP contribution in [0.15, 0.2) is 53.3 Å². The van der Waals surface area contributed by atoms with Crippen molar-refractivity contribution in [3.63, 3.8) is 0 Å². The van der Waals surface area contributed by atoms with Crippen molar-refractivity contribution in [2.45, 2.75) is 32.4 Å². The SMILES string of the molecule is FC(F)(F)OCc1c[nH]c2cccc(CNc3nccc(NC4=NCC(C5CC5)=C4)n3)c12. The second kappa shape index (κ2) is 8.27. The Kier molecular flexibility index (Phi) is 5.30. The number of alkyl halides is 3. The van der Waals surface area contributed by atoms with Crippen LogP contribution in [0.1, 0.15) is 24.0 Å². The molecule has 3 N–H and O–H groups in total. The number of halogens is 3. The van der Waals surface area contributed by atoms with Gasteiger partial charge in [-0.3, -0.25) is 9.73 Å². The van der Waals surface area contributed by atoms with Crippen LogP contribution in [-0.4, -0.2) is 33.7 Å². The normalized spacial score (nSPS) is 16.2. The predicted molar refractivity (Wildman–Crippen MR) is 115 cm³/mol. The molecule has 0 radical (unpaired) electrons. The van der Waals surface area contributed by atoms with Crippen molar-refractivity contribution in [2.24, 2.45) is 10.9 Å². The van der Waals surface area contributed by atoms with Gasteiger partial charge in [0, 0.05) is 35.4 Å². The lowest BCUT2D eigenvalue weighted by Gasteiger charge is -2.10. The first kappa shape index (κ1) is 20.5. The van der Waals surface area contributed by atoms with Gasteiger partial charge in [-0.15, -0.1) is 13.2 Å². The van der Waals surface area contributed by atoms with Gasteiger partial charge in [-0.2, -0.15) is 4.98 Å². The molecule has 1 saturated carbocycles. The molecule has 1 aliphatic carbocycles. The molecule has 0 bridgehead atoms. The molecule has 0 spiro atoms. The molecule has 5 rings (SSSR count). The molecule has 0 saturated heterocycles. The average molecular weight is 442 g/mol. The minimum Gasteiger partial charge on any atom is -0.361 e. The average Bonchev–Trinajstić information content (AvgIpc) is 3.36. The van der Waals surface area contributed by atoms with E-state index >= 15 is 0 Å². The molecule has 3 heterocycles. The highest BCUT2D eigenvalue weighted by atomic mass is 19.4. The lowest BCUT2D eigenvalue weighted by Crippen LogP contribution is -2.13. The van der Waals surface area contributed by atoms with Gasteiger partial charge in [0.1, 0.15) is 11.7 Å². The number of nitrogens with one attached hydrogen (secondary N) is 3. The quantitative estimate of drug-likeness (QED) is 0.491. The summed E-state index contributed by atoms with van der Waals surface area (Å²) in [7, 11) is 0. The van der Waals surface area contributed by atoms with Crippen LogP contribution in [-0.2, 0) is 17.9 Å². The van der Waals surface area contributed by atoms with Gasteiger partial charge in [-0.05, 0) is 48.1 Å². The molecule has 7 nitrogen and oxygen atoms in total. The van der Waals surface area contributed by atoms with Gasteiger partial charge < -0.3 is 15.6 Å². The number of hydrogen-bond acceptors (Lipinski definition) is 6. The minimum atomic E-state index is -4.68. The van der Waals surface area contributed by atoms with Crippen molar-refractivity contribution in [2.75, 3.05) is 17.2 Å². The van der Waals surface area contributed by atoms with Crippen molar-refractivity contribution in [3.8, 4) is 0 Å². The third kappa shape index (κ3) is 4.75. The van der Waals surface area contributed by atoms with Crippen LogP contribution < -0.4 is 10.6 Å². The maximum Gasteiger partial charge on any atom is 0.522 e. The van der Waals surface area contributed by atoms with Crippen molar-refractivity contribution in [1.29, 1.82) is 0 Å². The van der Waals surface area contributed by atoms with Gasteiger partial charge in [-0.25, -0.2) is 4.98 Å². The Morgan fingerprint density at radius 3 is 2.84 bits per heavy atom. The van der Waals surface area contributed by atoms with Crippen molar-refractivity contribution < 1.29 is 17.9 Å². The van der Waals surface area contributed by atoms with Crippen LogP contribution in [0.2, 0.25) is 0 Å². The molecule has 0 unspecified atom stereocenters. The molecule has 2 aromatic heterocycles. The number of aromatic nitrogens is 3. The molecule has 3 aromatic rings. The molecule has 2 aliphatic rings. The number of benzene rings is 1. The van der Waals surface area contributed by atoms with Crippen molar-refractivity contribution >= 4 is 28.5 Å². The van der Waals surface area contributed by atoms with Crippen molar-refractivity contribution in [3.05, 3.63) is 59.4 Å². The second-order valence-electron chi connectivity index (χ2n) is 7.83.